The molecule has 124 valence electrons. The zero-order chi connectivity index (χ0) is 17.6. The number of carbonyl (C=O) groups is 1. The summed E-state index contributed by atoms with van der Waals surface area (Å²) in [5.41, 5.74) is 5.09. The second kappa shape index (κ2) is 5.67. The van der Waals surface area contributed by atoms with Crippen molar-refractivity contribution in [3.05, 3.63) is 39.0 Å². The van der Waals surface area contributed by atoms with Gasteiger partial charge >= 0.3 is 0 Å². The molecule has 4 N–H and O–H groups in total. The summed E-state index contributed by atoms with van der Waals surface area (Å²) in [6.45, 7) is 1.88. The molecule has 9 heteroatoms. The Bertz CT molecular complexity index is 902. The van der Waals surface area contributed by atoms with Crippen LogP contribution in [0.15, 0.2) is 12.1 Å². The number of nitrogen functional groups attached to an aromatic ring is 1. The molecule has 0 radical (unpaired) electrons. The Morgan fingerprint density at radius 3 is 2.88 bits per heavy atom. The number of fused-ring (bicyclic) bond motifs is 1. The fourth-order valence-corrected chi connectivity index (χ4v) is 3.47. The van der Waals surface area contributed by atoms with Crippen LogP contribution in [0.2, 0.25) is 10.0 Å². The molecule has 24 heavy (non-hydrogen) atoms. The molecule has 0 fully saturated rings. The maximum atomic E-state index is 12.5. The van der Waals surface area contributed by atoms with Gasteiger partial charge in [-0.2, -0.15) is 10.4 Å². The van der Waals surface area contributed by atoms with Gasteiger partial charge in [0, 0.05) is 10.6 Å². The fourth-order valence-electron chi connectivity index (χ4n) is 2.93. The van der Waals surface area contributed by atoms with Gasteiger partial charge in [0.1, 0.15) is 5.82 Å². The number of nitrogens with one attached hydrogen (secondary N) is 1. The molecule has 3 rings (SSSR count). The molecule has 7 nitrogen and oxygen atoms in total. The number of nitrogens with two attached hydrogens (primary N) is 1. The van der Waals surface area contributed by atoms with Gasteiger partial charge in [0.2, 0.25) is 5.60 Å². The highest BCUT2D eigenvalue weighted by atomic mass is 35.5. The third-order valence-electron chi connectivity index (χ3n) is 3.98. The van der Waals surface area contributed by atoms with E-state index >= 15 is 0 Å². The van der Waals surface area contributed by atoms with E-state index in [9.17, 15) is 9.90 Å². The number of benzene rings is 1. The van der Waals surface area contributed by atoms with E-state index in [4.69, 9.17) is 34.2 Å². The molecule has 0 spiro atoms. The highest BCUT2D eigenvalue weighted by Crippen LogP contribution is 2.47. The van der Waals surface area contributed by atoms with E-state index in [1.165, 1.54) is 16.8 Å². The van der Waals surface area contributed by atoms with E-state index in [1.54, 1.807) is 6.92 Å². The van der Waals surface area contributed by atoms with Crippen molar-refractivity contribution >= 4 is 40.6 Å². The highest BCUT2D eigenvalue weighted by molar-refractivity contribution is 6.38. The van der Waals surface area contributed by atoms with Gasteiger partial charge in [0.25, 0.3) is 5.91 Å². The number of rotatable bonds is 3. The van der Waals surface area contributed by atoms with Crippen molar-refractivity contribution < 1.29 is 9.90 Å². The number of aryl methyl sites for hydroxylation is 2. The predicted molar refractivity (Wildman–Crippen MR) is 89.7 cm³/mol. The maximum Gasteiger partial charge on any atom is 0.266 e. The monoisotopic (exact) mass is 365 g/mol. The van der Waals surface area contributed by atoms with Crippen LogP contribution in [0.5, 0.6) is 0 Å². The van der Waals surface area contributed by atoms with E-state index in [2.05, 4.69) is 10.4 Å². The summed E-state index contributed by atoms with van der Waals surface area (Å²) in [6, 6.07) is 4.93. The molecule has 2 heterocycles. The van der Waals surface area contributed by atoms with E-state index in [-0.39, 0.29) is 45.6 Å². The van der Waals surface area contributed by atoms with Crippen molar-refractivity contribution in [2.24, 2.45) is 0 Å². The van der Waals surface area contributed by atoms with Crippen molar-refractivity contribution in [1.82, 2.24) is 9.78 Å². The van der Waals surface area contributed by atoms with Gasteiger partial charge in [-0.15, -0.1) is 0 Å². The van der Waals surface area contributed by atoms with Gasteiger partial charge in [-0.05, 0) is 19.1 Å². The number of aromatic nitrogens is 2. The zero-order valence-electron chi connectivity index (χ0n) is 12.6. The lowest BCUT2D eigenvalue weighted by Crippen LogP contribution is -2.36. The lowest BCUT2D eigenvalue weighted by atomic mass is 9.87. The quantitative estimate of drug-likeness (QED) is 0.770. The summed E-state index contributed by atoms with van der Waals surface area (Å²) in [7, 11) is 0. The summed E-state index contributed by atoms with van der Waals surface area (Å²) in [6.07, 6.45) is 0.198. The van der Waals surface area contributed by atoms with Crippen molar-refractivity contribution in [3.8, 4) is 6.07 Å². The molecule has 0 saturated carbocycles. The number of carbonyl (C=O) groups excluding carboxylic acids is 1. The molecule has 1 aliphatic heterocycles. The fraction of sp³-hybridized carbons (Fsp3) is 0.267. The minimum atomic E-state index is -2.05. The van der Waals surface area contributed by atoms with E-state index in [1.807, 2.05) is 6.07 Å². The van der Waals surface area contributed by atoms with Gasteiger partial charge in [0.15, 0.2) is 0 Å². The van der Waals surface area contributed by atoms with Crippen LogP contribution in [0.1, 0.15) is 23.2 Å². The molecule has 1 atom stereocenters. The van der Waals surface area contributed by atoms with Gasteiger partial charge in [-0.3, -0.25) is 4.79 Å². The first-order chi connectivity index (χ1) is 11.3. The Hall–Kier alpha value is -2.27. The molecule has 1 aliphatic rings. The van der Waals surface area contributed by atoms with Crippen molar-refractivity contribution in [2.75, 3.05) is 11.1 Å². The molecule has 0 aliphatic carbocycles. The lowest BCUT2D eigenvalue weighted by Gasteiger charge is -2.21. The average molecular weight is 366 g/mol. The summed E-state index contributed by atoms with van der Waals surface area (Å²) < 4.78 is 1.39. The number of nitriles is 1. The molecule has 1 aromatic heterocycles. The van der Waals surface area contributed by atoms with Crippen LogP contribution in [0.4, 0.5) is 11.5 Å². The van der Waals surface area contributed by atoms with Crippen LogP contribution in [0.25, 0.3) is 0 Å². The Kier molecular flexibility index (Phi) is 3.92. The largest absolute Gasteiger partial charge is 0.384 e. The smallest absolute Gasteiger partial charge is 0.266 e. The third-order valence-corrected chi connectivity index (χ3v) is 4.49. The first-order valence-electron chi connectivity index (χ1n) is 7.04. The molecule has 1 amide bonds. The minimum absolute atomic E-state index is 0.115. The van der Waals surface area contributed by atoms with Crippen LogP contribution in [-0.2, 0) is 16.9 Å². The molecule has 2 aromatic rings. The Morgan fingerprint density at radius 1 is 1.50 bits per heavy atom. The van der Waals surface area contributed by atoms with Crippen molar-refractivity contribution in [2.45, 2.75) is 25.5 Å². The number of amides is 1. The molecular weight excluding hydrogens is 353 g/mol. The molecule has 1 aromatic carbocycles. The van der Waals surface area contributed by atoms with E-state index in [0.29, 0.717) is 5.69 Å². The SMILES string of the molecule is Cc1nn(CCC#N)c(N)c1[C@@]1(O)C(=O)Nc2c(Cl)cc(Cl)cc21. The Labute approximate surface area is 147 Å². The summed E-state index contributed by atoms with van der Waals surface area (Å²) in [5.74, 6) is -0.569. The zero-order valence-corrected chi connectivity index (χ0v) is 14.1. The van der Waals surface area contributed by atoms with Gasteiger partial charge in [0.05, 0.1) is 41.0 Å². The first kappa shape index (κ1) is 16.6. The normalized spacial score (nSPS) is 19.0. The molecule has 0 unspecified atom stereocenters. The molecule has 0 bridgehead atoms. The number of hydrogen-bond acceptors (Lipinski definition) is 5. The summed E-state index contributed by atoms with van der Waals surface area (Å²) in [5, 5.41) is 27.2. The van der Waals surface area contributed by atoms with E-state index in [0.717, 1.165) is 0 Å². The van der Waals surface area contributed by atoms with Gasteiger partial charge in [-0.25, -0.2) is 4.68 Å². The Morgan fingerprint density at radius 2 is 2.21 bits per heavy atom. The van der Waals surface area contributed by atoms with Crippen molar-refractivity contribution in [3.63, 3.8) is 0 Å². The number of nitrogens with zero attached hydrogens (tertiary/aromatic N) is 3. The van der Waals surface area contributed by atoms with Crippen LogP contribution in [0.3, 0.4) is 0 Å². The first-order valence-corrected chi connectivity index (χ1v) is 7.80. The summed E-state index contributed by atoms with van der Waals surface area (Å²) in [4.78, 5) is 12.5. The van der Waals surface area contributed by atoms with Crippen LogP contribution >= 0.6 is 23.2 Å². The molecular formula is C15H13Cl2N5O2. The average Bonchev–Trinajstić information content (AvgIpc) is 2.93. The van der Waals surface area contributed by atoms with E-state index < -0.39 is 11.5 Å². The molecule has 0 saturated heterocycles. The number of aliphatic hydroxyl groups is 1. The predicted octanol–water partition coefficient (Wildman–Crippen LogP) is 2.18. The van der Waals surface area contributed by atoms with Crippen LogP contribution in [0, 0.1) is 18.3 Å². The maximum absolute atomic E-state index is 12.5. The third kappa shape index (κ3) is 2.23. The number of anilines is 2. The second-order valence-electron chi connectivity index (χ2n) is 5.45. The standard InChI is InChI=1S/C15H13Cl2N5O2/c1-7-11(13(19)22(21-7)4-2-3-18)15(24)9-5-8(16)6-10(17)12(9)20-14(15)23/h5-6,24H,2,4,19H2,1H3,(H,20,23)/t15-/m1/s1. The lowest BCUT2D eigenvalue weighted by molar-refractivity contribution is -0.129. The van der Waals surface area contributed by atoms with Gasteiger partial charge in [-0.1, -0.05) is 23.2 Å². The highest BCUT2D eigenvalue weighted by Gasteiger charge is 2.51. The topological polar surface area (TPSA) is 117 Å². The number of halogens is 2. The summed E-state index contributed by atoms with van der Waals surface area (Å²) >= 11 is 12.1. The second-order valence-corrected chi connectivity index (χ2v) is 6.30. The van der Waals surface area contributed by atoms with Crippen LogP contribution < -0.4 is 11.1 Å². The number of hydrogen-bond donors (Lipinski definition) is 3. The van der Waals surface area contributed by atoms with Gasteiger partial charge < -0.3 is 16.2 Å². The van der Waals surface area contributed by atoms with Crippen LogP contribution in [-0.4, -0.2) is 20.8 Å². The minimum Gasteiger partial charge on any atom is -0.384 e. The Balaban J connectivity index is 2.23. The van der Waals surface area contributed by atoms with Crippen molar-refractivity contribution in [1.29, 1.82) is 5.26 Å².